The Morgan fingerprint density at radius 3 is 1.49 bits per heavy atom. The summed E-state index contributed by atoms with van der Waals surface area (Å²) in [4.78, 5) is 33.7. The zero-order chi connectivity index (χ0) is 27.6. The molecule has 0 aromatic rings. The third kappa shape index (κ3) is 23.3. The molecule has 4 N–H and O–H groups in total. The van der Waals surface area contributed by atoms with E-state index in [0.717, 1.165) is 51.4 Å². The van der Waals surface area contributed by atoms with Crippen LogP contribution >= 0.6 is 0 Å². The van der Waals surface area contributed by atoms with Crippen LogP contribution in [0, 0.1) is 5.92 Å². The summed E-state index contributed by atoms with van der Waals surface area (Å²) in [5, 5.41) is 11.4. The molecule has 1 saturated carbocycles. The van der Waals surface area contributed by atoms with E-state index in [9.17, 15) is 14.4 Å². The van der Waals surface area contributed by atoms with Crippen LogP contribution in [0.4, 0.5) is 0 Å². The SMILES string of the molecule is CCCCCCCCCCCC(=O)NC1CCCCC1C(N)=O.CCCCCCCCCCCC(=O)O. The smallest absolute Gasteiger partial charge is 0.303 e. The number of rotatable bonds is 22. The van der Waals surface area contributed by atoms with E-state index in [1.807, 2.05) is 0 Å². The van der Waals surface area contributed by atoms with Crippen LogP contribution in [0.15, 0.2) is 0 Å². The molecule has 0 radical (unpaired) electrons. The van der Waals surface area contributed by atoms with E-state index in [2.05, 4.69) is 19.2 Å². The molecule has 6 heteroatoms. The first kappa shape index (κ1) is 35.4. The largest absolute Gasteiger partial charge is 0.481 e. The fraction of sp³-hybridized carbons (Fsp3) is 0.903. The molecule has 218 valence electrons. The molecule has 1 fully saturated rings. The van der Waals surface area contributed by atoms with E-state index in [-0.39, 0.29) is 23.8 Å². The number of hydrogen-bond acceptors (Lipinski definition) is 3. The maximum absolute atomic E-state index is 12.0. The highest BCUT2D eigenvalue weighted by molar-refractivity contribution is 5.80. The van der Waals surface area contributed by atoms with Gasteiger partial charge in [0.1, 0.15) is 0 Å². The predicted molar refractivity (Wildman–Crippen MR) is 154 cm³/mol. The van der Waals surface area contributed by atoms with Gasteiger partial charge in [0.2, 0.25) is 11.8 Å². The topological polar surface area (TPSA) is 109 Å². The highest BCUT2D eigenvalue weighted by Gasteiger charge is 2.30. The van der Waals surface area contributed by atoms with Gasteiger partial charge < -0.3 is 16.2 Å². The van der Waals surface area contributed by atoms with Crippen molar-refractivity contribution in [2.45, 2.75) is 174 Å². The van der Waals surface area contributed by atoms with Crippen LogP contribution in [0.2, 0.25) is 0 Å². The Morgan fingerprint density at radius 1 is 0.649 bits per heavy atom. The fourth-order valence-corrected chi connectivity index (χ4v) is 5.11. The Kier molecular flexibility index (Phi) is 24.9. The maximum Gasteiger partial charge on any atom is 0.303 e. The molecule has 0 aliphatic heterocycles. The maximum atomic E-state index is 12.0. The minimum atomic E-state index is -0.659. The van der Waals surface area contributed by atoms with Gasteiger partial charge in [-0.2, -0.15) is 0 Å². The number of nitrogens with two attached hydrogens (primary N) is 1. The Balaban J connectivity index is 0.000000795. The molecule has 0 spiro atoms. The molecule has 1 aliphatic rings. The highest BCUT2D eigenvalue weighted by Crippen LogP contribution is 2.24. The van der Waals surface area contributed by atoms with E-state index in [1.54, 1.807) is 0 Å². The third-order valence-electron chi connectivity index (χ3n) is 7.48. The van der Waals surface area contributed by atoms with E-state index < -0.39 is 5.97 Å². The number of aliphatic carboxylic acids is 1. The van der Waals surface area contributed by atoms with Crippen molar-refractivity contribution >= 4 is 17.8 Å². The molecule has 0 heterocycles. The second-order valence-corrected chi connectivity index (χ2v) is 11.0. The van der Waals surface area contributed by atoms with Crippen molar-refractivity contribution in [3.05, 3.63) is 0 Å². The first-order chi connectivity index (χ1) is 17.9. The molecule has 1 rings (SSSR count). The number of primary amides is 1. The normalized spacial score (nSPS) is 17.0. The molecular weight excluding hydrogens is 464 g/mol. The predicted octanol–water partition coefficient (Wildman–Crippen LogP) is 8.06. The van der Waals surface area contributed by atoms with Crippen molar-refractivity contribution in [2.75, 3.05) is 0 Å². The monoisotopic (exact) mass is 524 g/mol. The molecule has 1 aliphatic carbocycles. The van der Waals surface area contributed by atoms with Crippen LogP contribution in [0.5, 0.6) is 0 Å². The van der Waals surface area contributed by atoms with Crippen LogP contribution in [-0.2, 0) is 14.4 Å². The fourth-order valence-electron chi connectivity index (χ4n) is 5.11. The molecule has 0 aromatic heterocycles. The van der Waals surface area contributed by atoms with Crippen molar-refractivity contribution in [2.24, 2.45) is 11.7 Å². The van der Waals surface area contributed by atoms with Crippen molar-refractivity contribution in [3.8, 4) is 0 Å². The van der Waals surface area contributed by atoms with Gasteiger partial charge in [-0.1, -0.05) is 129 Å². The molecule has 0 bridgehead atoms. The Bertz CT molecular complexity index is 567. The van der Waals surface area contributed by atoms with E-state index in [1.165, 1.54) is 89.9 Å². The van der Waals surface area contributed by atoms with Crippen LogP contribution in [0.3, 0.4) is 0 Å². The number of carboxylic acid groups (broad SMARTS) is 1. The van der Waals surface area contributed by atoms with Gasteiger partial charge in [0, 0.05) is 18.9 Å². The van der Waals surface area contributed by atoms with Gasteiger partial charge in [-0.25, -0.2) is 0 Å². The molecule has 37 heavy (non-hydrogen) atoms. The Morgan fingerprint density at radius 2 is 1.05 bits per heavy atom. The van der Waals surface area contributed by atoms with E-state index >= 15 is 0 Å². The summed E-state index contributed by atoms with van der Waals surface area (Å²) >= 11 is 0. The Labute approximate surface area is 228 Å². The Hall–Kier alpha value is -1.59. The number of nitrogens with one attached hydrogen (secondary N) is 1. The zero-order valence-electron chi connectivity index (χ0n) is 24.4. The molecule has 0 aromatic carbocycles. The zero-order valence-corrected chi connectivity index (χ0v) is 24.4. The average molecular weight is 525 g/mol. The third-order valence-corrected chi connectivity index (χ3v) is 7.48. The van der Waals surface area contributed by atoms with Crippen LogP contribution in [-0.4, -0.2) is 28.9 Å². The van der Waals surface area contributed by atoms with Crippen molar-refractivity contribution in [1.82, 2.24) is 5.32 Å². The number of carbonyl (C=O) groups excluding carboxylic acids is 2. The van der Waals surface area contributed by atoms with Gasteiger partial charge in [0.15, 0.2) is 0 Å². The number of unbranched alkanes of at least 4 members (excludes halogenated alkanes) is 16. The minimum absolute atomic E-state index is 0.0349. The van der Waals surface area contributed by atoms with Gasteiger partial charge in [0.05, 0.1) is 5.92 Å². The average Bonchev–Trinajstić information content (AvgIpc) is 2.87. The summed E-state index contributed by atoms with van der Waals surface area (Å²) in [6, 6.07) is -0.0349. The summed E-state index contributed by atoms with van der Waals surface area (Å²) in [5.74, 6) is -1.01. The van der Waals surface area contributed by atoms with Crippen molar-refractivity contribution in [1.29, 1.82) is 0 Å². The highest BCUT2D eigenvalue weighted by atomic mass is 16.4. The lowest BCUT2D eigenvalue weighted by molar-refractivity contribution is -0.137. The lowest BCUT2D eigenvalue weighted by Gasteiger charge is -2.30. The lowest BCUT2D eigenvalue weighted by atomic mass is 9.84. The number of carbonyl (C=O) groups is 3. The molecule has 2 atom stereocenters. The first-order valence-corrected chi connectivity index (χ1v) is 15.7. The summed E-state index contributed by atoms with van der Waals surface area (Å²) < 4.78 is 0. The summed E-state index contributed by atoms with van der Waals surface area (Å²) in [6.07, 6.45) is 27.2. The molecule has 6 nitrogen and oxygen atoms in total. The van der Waals surface area contributed by atoms with Gasteiger partial charge in [-0.15, -0.1) is 0 Å². The molecule has 0 saturated heterocycles. The van der Waals surface area contributed by atoms with Crippen molar-refractivity contribution in [3.63, 3.8) is 0 Å². The standard InChI is InChI=1S/C19H36N2O2.C12H24O2/c1-2-3-4-5-6-7-8-9-10-15-18(22)21-17-14-12-11-13-16(17)19(20)23;1-2-3-4-5-6-7-8-9-10-11-12(13)14/h16-17H,2-15H2,1H3,(H2,20,23)(H,21,22);2-11H2,1H3,(H,13,14). The van der Waals surface area contributed by atoms with Gasteiger partial charge in [-0.3, -0.25) is 14.4 Å². The second kappa shape index (κ2) is 26.0. The number of hydrogen-bond donors (Lipinski definition) is 3. The quantitative estimate of drug-likeness (QED) is 0.124. The van der Waals surface area contributed by atoms with Crippen molar-refractivity contribution < 1.29 is 19.5 Å². The molecule has 2 amide bonds. The first-order valence-electron chi connectivity index (χ1n) is 15.7. The van der Waals surface area contributed by atoms with Gasteiger partial charge >= 0.3 is 5.97 Å². The minimum Gasteiger partial charge on any atom is -0.481 e. The van der Waals surface area contributed by atoms with E-state index in [4.69, 9.17) is 10.8 Å². The molecular formula is C31H60N2O4. The lowest BCUT2D eigenvalue weighted by Crippen LogP contribution is -2.47. The van der Waals surface area contributed by atoms with Crippen LogP contribution < -0.4 is 11.1 Å². The van der Waals surface area contributed by atoms with Gasteiger partial charge in [-0.05, 0) is 25.7 Å². The number of amides is 2. The van der Waals surface area contributed by atoms with E-state index in [0.29, 0.717) is 12.8 Å². The van der Waals surface area contributed by atoms with Gasteiger partial charge in [0.25, 0.3) is 0 Å². The summed E-state index contributed by atoms with van der Waals surface area (Å²) in [6.45, 7) is 4.47. The number of carboxylic acids is 1. The van der Waals surface area contributed by atoms with Crippen LogP contribution in [0.1, 0.15) is 168 Å². The summed E-state index contributed by atoms with van der Waals surface area (Å²) in [5.41, 5.74) is 5.44. The summed E-state index contributed by atoms with van der Waals surface area (Å²) in [7, 11) is 0. The molecule has 2 unspecified atom stereocenters. The van der Waals surface area contributed by atoms with Crippen LogP contribution in [0.25, 0.3) is 0 Å². The second-order valence-electron chi connectivity index (χ2n) is 11.0.